The summed E-state index contributed by atoms with van der Waals surface area (Å²) in [6.45, 7) is 2.00. The smallest absolute Gasteiger partial charge is 0.138 e. The summed E-state index contributed by atoms with van der Waals surface area (Å²) in [5, 5.41) is 0. The molecule has 2 rings (SSSR count). The van der Waals surface area contributed by atoms with Gasteiger partial charge < -0.3 is 15.2 Å². The molecule has 0 aliphatic carbocycles. The van der Waals surface area contributed by atoms with E-state index < -0.39 is 0 Å². The Kier molecular flexibility index (Phi) is 3.53. The van der Waals surface area contributed by atoms with E-state index in [1.807, 2.05) is 12.1 Å². The lowest BCUT2D eigenvalue weighted by atomic mass is 10.2. The van der Waals surface area contributed by atoms with Crippen molar-refractivity contribution in [2.75, 3.05) is 13.2 Å². The van der Waals surface area contributed by atoms with Crippen molar-refractivity contribution >= 4 is 0 Å². The van der Waals surface area contributed by atoms with Gasteiger partial charge in [0.05, 0.1) is 18.5 Å². The lowest BCUT2D eigenvalue weighted by molar-refractivity contribution is 0.00727. The Hall–Kier alpha value is -1.13. The highest BCUT2D eigenvalue weighted by Gasteiger charge is 2.15. The molecule has 1 atom stereocenters. The van der Waals surface area contributed by atoms with E-state index in [4.69, 9.17) is 15.2 Å². The summed E-state index contributed by atoms with van der Waals surface area (Å²) in [6.07, 6.45) is 4.01. The fraction of sp³-hybridized carbons (Fsp3) is 0.545. The molecule has 0 saturated carbocycles. The zero-order valence-electron chi connectivity index (χ0n) is 8.69. The second-order valence-corrected chi connectivity index (χ2v) is 3.65. The van der Waals surface area contributed by atoms with Crippen molar-refractivity contribution in [1.29, 1.82) is 0 Å². The highest BCUT2D eigenvalue weighted by Crippen LogP contribution is 2.16. The highest BCUT2D eigenvalue weighted by molar-refractivity contribution is 5.20. The van der Waals surface area contributed by atoms with E-state index in [0.717, 1.165) is 30.9 Å². The minimum Gasteiger partial charge on any atom is -0.486 e. The number of nitrogens with two attached hydrogens (primary N) is 1. The highest BCUT2D eigenvalue weighted by atomic mass is 16.5. The Labute approximate surface area is 89.4 Å². The van der Waals surface area contributed by atoms with Crippen molar-refractivity contribution in [3.63, 3.8) is 0 Å². The largest absolute Gasteiger partial charge is 0.486 e. The Morgan fingerprint density at radius 3 is 3.07 bits per heavy atom. The Morgan fingerprint density at radius 2 is 2.47 bits per heavy atom. The molecule has 2 heterocycles. The molecular formula is C11H16N2O2. The number of nitrogens with zero attached hydrogens (tertiary/aromatic N) is 1. The van der Waals surface area contributed by atoms with Gasteiger partial charge in [0.25, 0.3) is 0 Å². The molecule has 1 saturated heterocycles. The number of pyridine rings is 1. The standard InChI is InChI=1S/C11H16N2O2/c12-6-9-3-4-10(7-13-9)15-11-2-1-5-14-8-11/h3-4,7,11H,1-2,5-6,8,12H2. The second kappa shape index (κ2) is 5.09. The fourth-order valence-electron chi connectivity index (χ4n) is 1.60. The molecule has 0 bridgehead atoms. The molecule has 1 aromatic rings. The third-order valence-electron chi connectivity index (χ3n) is 2.43. The molecule has 0 radical (unpaired) electrons. The van der Waals surface area contributed by atoms with Crippen LogP contribution in [0, 0.1) is 0 Å². The molecule has 0 amide bonds. The third-order valence-corrected chi connectivity index (χ3v) is 2.43. The van der Waals surface area contributed by atoms with Gasteiger partial charge in [-0.05, 0) is 25.0 Å². The van der Waals surface area contributed by atoms with Gasteiger partial charge in [0.2, 0.25) is 0 Å². The van der Waals surface area contributed by atoms with E-state index >= 15 is 0 Å². The average molecular weight is 208 g/mol. The van der Waals surface area contributed by atoms with Crippen LogP contribution in [0.25, 0.3) is 0 Å². The number of ether oxygens (including phenoxy) is 2. The molecule has 4 heteroatoms. The number of aromatic nitrogens is 1. The van der Waals surface area contributed by atoms with Crippen LogP contribution in [-0.4, -0.2) is 24.3 Å². The first-order chi connectivity index (χ1) is 7.38. The minimum absolute atomic E-state index is 0.171. The quantitative estimate of drug-likeness (QED) is 0.808. The van der Waals surface area contributed by atoms with Gasteiger partial charge in [-0.2, -0.15) is 0 Å². The summed E-state index contributed by atoms with van der Waals surface area (Å²) in [5.74, 6) is 0.794. The first kappa shape index (κ1) is 10.4. The molecule has 0 aromatic carbocycles. The van der Waals surface area contributed by atoms with Gasteiger partial charge in [-0.15, -0.1) is 0 Å². The van der Waals surface area contributed by atoms with Gasteiger partial charge in [0.15, 0.2) is 0 Å². The predicted octanol–water partition coefficient (Wildman–Crippen LogP) is 1.10. The first-order valence-corrected chi connectivity index (χ1v) is 5.28. The van der Waals surface area contributed by atoms with Crippen molar-refractivity contribution in [1.82, 2.24) is 4.98 Å². The Balaban J connectivity index is 1.91. The molecular weight excluding hydrogens is 192 g/mol. The van der Waals surface area contributed by atoms with Crippen LogP contribution in [0.1, 0.15) is 18.5 Å². The maximum atomic E-state index is 5.73. The Morgan fingerprint density at radius 1 is 1.53 bits per heavy atom. The lowest BCUT2D eigenvalue weighted by Crippen LogP contribution is -2.28. The zero-order chi connectivity index (χ0) is 10.5. The van der Waals surface area contributed by atoms with Crippen LogP contribution in [0.3, 0.4) is 0 Å². The summed E-state index contributed by atoms with van der Waals surface area (Å²) in [7, 11) is 0. The third kappa shape index (κ3) is 2.91. The minimum atomic E-state index is 0.171. The summed E-state index contributed by atoms with van der Waals surface area (Å²) in [5.41, 5.74) is 6.34. The van der Waals surface area contributed by atoms with Gasteiger partial charge in [-0.3, -0.25) is 4.98 Å². The van der Waals surface area contributed by atoms with Crippen LogP contribution in [0.15, 0.2) is 18.3 Å². The molecule has 1 unspecified atom stereocenters. The van der Waals surface area contributed by atoms with E-state index in [0.29, 0.717) is 13.2 Å². The molecule has 0 spiro atoms. The van der Waals surface area contributed by atoms with Crippen LogP contribution in [0.5, 0.6) is 5.75 Å². The van der Waals surface area contributed by atoms with Crippen molar-refractivity contribution in [3.8, 4) is 5.75 Å². The zero-order valence-corrected chi connectivity index (χ0v) is 8.69. The summed E-state index contributed by atoms with van der Waals surface area (Å²) in [6, 6.07) is 3.79. The van der Waals surface area contributed by atoms with Crippen molar-refractivity contribution < 1.29 is 9.47 Å². The van der Waals surface area contributed by atoms with Gasteiger partial charge in [0, 0.05) is 13.2 Å². The van der Waals surface area contributed by atoms with Crippen LogP contribution < -0.4 is 10.5 Å². The maximum absolute atomic E-state index is 5.73. The van der Waals surface area contributed by atoms with Crippen molar-refractivity contribution in [2.24, 2.45) is 5.73 Å². The molecule has 82 valence electrons. The van der Waals surface area contributed by atoms with Crippen LogP contribution >= 0.6 is 0 Å². The summed E-state index contributed by atoms with van der Waals surface area (Å²) in [4.78, 5) is 4.17. The first-order valence-electron chi connectivity index (χ1n) is 5.28. The SMILES string of the molecule is NCc1ccc(OC2CCCOC2)cn1. The Bertz CT molecular complexity index is 294. The number of hydrogen-bond acceptors (Lipinski definition) is 4. The van der Waals surface area contributed by atoms with E-state index in [1.54, 1.807) is 6.20 Å². The summed E-state index contributed by atoms with van der Waals surface area (Å²) >= 11 is 0. The number of rotatable bonds is 3. The second-order valence-electron chi connectivity index (χ2n) is 3.65. The molecule has 1 aliphatic rings. The van der Waals surface area contributed by atoms with Crippen molar-refractivity contribution in [2.45, 2.75) is 25.5 Å². The predicted molar refractivity (Wildman–Crippen MR) is 56.6 cm³/mol. The lowest BCUT2D eigenvalue weighted by Gasteiger charge is -2.23. The molecule has 15 heavy (non-hydrogen) atoms. The van der Waals surface area contributed by atoms with Crippen molar-refractivity contribution in [3.05, 3.63) is 24.0 Å². The van der Waals surface area contributed by atoms with Gasteiger partial charge in [-0.25, -0.2) is 0 Å². The van der Waals surface area contributed by atoms with E-state index in [9.17, 15) is 0 Å². The van der Waals surface area contributed by atoms with E-state index in [-0.39, 0.29) is 6.10 Å². The summed E-state index contributed by atoms with van der Waals surface area (Å²) < 4.78 is 11.1. The van der Waals surface area contributed by atoms with Crippen LogP contribution in [0.2, 0.25) is 0 Å². The average Bonchev–Trinajstić information content (AvgIpc) is 2.31. The monoisotopic (exact) mass is 208 g/mol. The molecule has 1 aliphatic heterocycles. The van der Waals surface area contributed by atoms with E-state index in [1.165, 1.54) is 0 Å². The van der Waals surface area contributed by atoms with Gasteiger partial charge >= 0.3 is 0 Å². The number of hydrogen-bond donors (Lipinski definition) is 1. The molecule has 1 fully saturated rings. The van der Waals surface area contributed by atoms with E-state index in [2.05, 4.69) is 4.98 Å². The molecule has 2 N–H and O–H groups in total. The fourth-order valence-corrected chi connectivity index (χ4v) is 1.60. The molecule has 4 nitrogen and oxygen atoms in total. The van der Waals surface area contributed by atoms with Crippen LogP contribution in [-0.2, 0) is 11.3 Å². The van der Waals surface area contributed by atoms with Crippen LogP contribution in [0.4, 0.5) is 0 Å². The van der Waals surface area contributed by atoms with Gasteiger partial charge in [-0.1, -0.05) is 0 Å². The maximum Gasteiger partial charge on any atom is 0.138 e. The topological polar surface area (TPSA) is 57.4 Å². The van der Waals surface area contributed by atoms with Gasteiger partial charge in [0.1, 0.15) is 11.9 Å². The normalized spacial score (nSPS) is 21.3. The molecule has 1 aromatic heterocycles.